The lowest BCUT2D eigenvalue weighted by Crippen LogP contribution is -2.52. The van der Waals surface area contributed by atoms with Gasteiger partial charge in [0.15, 0.2) is 5.79 Å². The van der Waals surface area contributed by atoms with Crippen LogP contribution in [0.5, 0.6) is 0 Å². The maximum Gasteiger partial charge on any atom is 0.171 e. The fourth-order valence-corrected chi connectivity index (χ4v) is 9.66. The van der Waals surface area contributed by atoms with Crippen molar-refractivity contribution in [2.45, 2.75) is 103 Å². The summed E-state index contributed by atoms with van der Waals surface area (Å²) in [5, 5.41) is 10.3. The number of hydrogen-bond acceptors (Lipinski definition) is 3. The first-order valence-corrected chi connectivity index (χ1v) is 13.0. The van der Waals surface area contributed by atoms with Crippen LogP contribution in [0.4, 0.5) is 0 Å². The van der Waals surface area contributed by atoms with Crippen molar-refractivity contribution in [2.24, 2.45) is 46.3 Å². The third-order valence-corrected chi connectivity index (χ3v) is 11.3. The van der Waals surface area contributed by atoms with E-state index in [9.17, 15) is 5.11 Å². The zero-order chi connectivity index (χ0) is 20.9. The van der Waals surface area contributed by atoms with Gasteiger partial charge in [-0.25, -0.2) is 0 Å². The Morgan fingerprint density at radius 3 is 2.63 bits per heavy atom. The lowest BCUT2D eigenvalue weighted by atomic mass is 9.47. The summed E-state index contributed by atoms with van der Waals surface area (Å²) in [6.45, 7) is 10.8. The van der Waals surface area contributed by atoms with Crippen LogP contribution in [0.1, 0.15) is 85.5 Å². The number of hydrogen-bond donors (Lipinski definition) is 1. The number of allylic oxidation sites excluding steroid dienone is 1. The van der Waals surface area contributed by atoms with E-state index in [1.54, 1.807) is 5.57 Å². The molecule has 0 bridgehead atoms. The van der Waals surface area contributed by atoms with Crippen LogP contribution in [-0.4, -0.2) is 29.7 Å². The Morgan fingerprint density at radius 1 is 1.03 bits per heavy atom. The molecule has 3 heteroatoms. The standard InChI is InChI=1S/C27H42O3/c1-16-7-12-27(29-15-16)17(2)24-23(30-27)14-22-20-6-5-18-13-19(28)8-10-25(18,3)21(20)9-11-26(22,24)4/h5,16-17,19-24,28H,6-15H2,1-4H3/t16-,17+,19+,20-,21+,22-,23+,24+,25+,26+,27-/m1/s1. The minimum atomic E-state index is -0.294. The van der Waals surface area contributed by atoms with E-state index in [0.717, 1.165) is 43.6 Å². The number of aliphatic hydroxyl groups is 1. The molecule has 5 fully saturated rings. The summed E-state index contributed by atoms with van der Waals surface area (Å²) in [6, 6.07) is 0. The highest BCUT2D eigenvalue weighted by Crippen LogP contribution is 2.70. The molecule has 1 spiro atoms. The van der Waals surface area contributed by atoms with Crippen LogP contribution in [-0.2, 0) is 9.47 Å². The summed E-state index contributed by atoms with van der Waals surface area (Å²) in [5.74, 6) is 3.94. The minimum Gasteiger partial charge on any atom is -0.393 e. The summed E-state index contributed by atoms with van der Waals surface area (Å²) in [5.41, 5.74) is 2.31. The molecule has 3 nitrogen and oxygen atoms in total. The highest BCUT2D eigenvalue weighted by atomic mass is 16.7. The van der Waals surface area contributed by atoms with E-state index >= 15 is 0 Å². The van der Waals surface area contributed by atoms with Gasteiger partial charge in [-0.1, -0.05) is 39.3 Å². The van der Waals surface area contributed by atoms with Crippen molar-refractivity contribution in [2.75, 3.05) is 6.61 Å². The quantitative estimate of drug-likeness (QED) is 0.516. The first-order valence-electron chi connectivity index (χ1n) is 13.0. The van der Waals surface area contributed by atoms with Gasteiger partial charge in [-0.15, -0.1) is 0 Å². The Labute approximate surface area is 183 Å². The third-order valence-electron chi connectivity index (χ3n) is 11.3. The predicted octanol–water partition coefficient (Wildman–Crippen LogP) is 5.71. The van der Waals surface area contributed by atoms with Crippen LogP contribution >= 0.6 is 0 Å². The average molecular weight is 415 g/mol. The second-order valence-electron chi connectivity index (χ2n) is 12.7. The fraction of sp³-hybridized carbons (Fsp3) is 0.926. The number of ether oxygens (including phenoxy) is 2. The van der Waals surface area contributed by atoms with E-state index < -0.39 is 0 Å². The van der Waals surface area contributed by atoms with Gasteiger partial charge in [-0.3, -0.25) is 0 Å². The van der Waals surface area contributed by atoms with E-state index in [1.165, 1.54) is 38.5 Å². The second kappa shape index (κ2) is 6.58. The fourth-order valence-electron chi connectivity index (χ4n) is 9.66. The van der Waals surface area contributed by atoms with Crippen LogP contribution < -0.4 is 0 Å². The highest BCUT2D eigenvalue weighted by molar-refractivity contribution is 5.26. The molecular formula is C27H42O3. The van der Waals surface area contributed by atoms with Gasteiger partial charge < -0.3 is 14.6 Å². The zero-order valence-electron chi connectivity index (χ0n) is 19.5. The first kappa shape index (κ1) is 20.2. The van der Waals surface area contributed by atoms with Crippen LogP contribution in [0.15, 0.2) is 11.6 Å². The maximum absolute atomic E-state index is 10.3. The van der Waals surface area contributed by atoms with Crippen LogP contribution in [0.2, 0.25) is 0 Å². The number of rotatable bonds is 0. The van der Waals surface area contributed by atoms with Gasteiger partial charge in [0.05, 0.1) is 18.8 Å². The molecule has 0 aromatic heterocycles. The Kier molecular flexibility index (Phi) is 4.44. The van der Waals surface area contributed by atoms with Crippen molar-refractivity contribution in [3.63, 3.8) is 0 Å². The smallest absolute Gasteiger partial charge is 0.171 e. The van der Waals surface area contributed by atoms with E-state index in [1.807, 2.05) is 0 Å². The van der Waals surface area contributed by atoms with Gasteiger partial charge in [-0.2, -0.15) is 0 Å². The third kappa shape index (κ3) is 2.55. The normalized spacial score (nSPS) is 59.8. The lowest BCUT2D eigenvalue weighted by Gasteiger charge is -2.58. The van der Waals surface area contributed by atoms with E-state index in [4.69, 9.17) is 9.47 Å². The Hall–Kier alpha value is -0.380. The van der Waals surface area contributed by atoms with E-state index in [0.29, 0.717) is 34.7 Å². The number of aliphatic hydroxyl groups excluding tert-OH is 1. The van der Waals surface area contributed by atoms with Crippen molar-refractivity contribution in [3.8, 4) is 0 Å². The predicted molar refractivity (Wildman–Crippen MR) is 118 cm³/mol. The summed E-state index contributed by atoms with van der Waals surface area (Å²) in [6.07, 6.45) is 13.5. The molecule has 3 saturated carbocycles. The van der Waals surface area contributed by atoms with Gasteiger partial charge in [0.25, 0.3) is 0 Å². The van der Waals surface area contributed by atoms with Crippen LogP contribution in [0, 0.1) is 46.3 Å². The summed E-state index contributed by atoms with van der Waals surface area (Å²) in [4.78, 5) is 0. The zero-order valence-corrected chi connectivity index (χ0v) is 19.5. The van der Waals surface area contributed by atoms with E-state index in [-0.39, 0.29) is 11.9 Å². The molecule has 0 aromatic carbocycles. The van der Waals surface area contributed by atoms with Crippen molar-refractivity contribution in [1.82, 2.24) is 0 Å². The largest absolute Gasteiger partial charge is 0.393 e. The average Bonchev–Trinajstić information content (AvgIpc) is 3.16. The molecule has 0 aromatic rings. The molecule has 6 rings (SSSR count). The Morgan fingerprint density at radius 2 is 1.87 bits per heavy atom. The Balaban J connectivity index is 1.28. The van der Waals surface area contributed by atoms with Crippen molar-refractivity contribution >= 4 is 0 Å². The van der Waals surface area contributed by atoms with Gasteiger partial charge in [0.1, 0.15) is 0 Å². The molecule has 1 N–H and O–H groups in total. The molecule has 0 unspecified atom stereocenters. The molecule has 168 valence electrons. The molecule has 6 aliphatic rings. The van der Waals surface area contributed by atoms with Gasteiger partial charge in [0.2, 0.25) is 0 Å². The lowest BCUT2D eigenvalue weighted by molar-refractivity contribution is -0.272. The number of fused-ring (bicyclic) bond motifs is 7. The van der Waals surface area contributed by atoms with Crippen LogP contribution in [0.3, 0.4) is 0 Å². The molecule has 2 aliphatic heterocycles. The summed E-state index contributed by atoms with van der Waals surface area (Å²) < 4.78 is 13.3. The van der Waals surface area contributed by atoms with Gasteiger partial charge >= 0.3 is 0 Å². The van der Waals surface area contributed by atoms with Gasteiger partial charge in [-0.05, 0) is 91.8 Å². The molecule has 0 radical (unpaired) electrons. The molecule has 4 aliphatic carbocycles. The first-order chi connectivity index (χ1) is 14.3. The van der Waals surface area contributed by atoms with Crippen molar-refractivity contribution < 1.29 is 14.6 Å². The Bertz CT molecular complexity index is 736. The van der Waals surface area contributed by atoms with Crippen LogP contribution in [0.25, 0.3) is 0 Å². The van der Waals surface area contributed by atoms with Crippen molar-refractivity contribution in [3.05, 3.63) is 11.6 Å². The molecule has 2 saturated heterocycles. The maximum atomic E-state index is 10.3. The van der Waals surface area contributed by atoms with Gasteiger partial charge in [0, 0.05) is 12.3 Å². The molecule has 0 amide bonds. The molecule has 2 heterocycles. The topological polar surface area (TPSA) is 38.7 Å². The SMILES string of the molecule is C[C@@H]1CC[C@@]2(OC1)O[C@H]1C[C@@H]3[C@@H]4CC=C5C[C@@H](O)CC[C@]5(C)[C@H]4CC[C@]3(C)[C@H]1[C@@H]2C. The second-order valence-corrected chi connectivity index (χ2v) is 12.7. The van der Waals surface area contributed by atoms with Crippen molar-refractivity contribution in [1.29, 1.82) is 0 Å². The molecule has 30 heavy (non-hydrogen) atoms. The molecule has 11 atom stereocenters. The van der Waals surface area contributed by atoms with E-state index in [2.05, 4.69) is 33.8 Å². The monoisotopic (exact) mass is 414 g/mol. The highest BCUT2D eigenvalue weighted by Gasteiger charge is 2.68. The summed E-state index contributed by atoms with van der Waals surface area (Å²) >= 11 is 0. The minimum absolute atomic E-state index is 0.107. The summed E-state index contributed by atoms with van der Waals surface area (Å²) in [7, 11) is 0. The molecular weight excluding hydrogens is 372 g/mol.